The van der Waals surface area contributed by atoms with Crippen molar-refractivity contribution in [2.75, 3.05) is 75.3 Å². The molecule has 340 valence electrons. The maximum absolute atomic E-state index is 12.8. The van der Waals surface area contributed by atoms with Crippen molar-refractivity contribution >= 4 is 82.1 Å². The minimum absolute atomic E-state index is 0.0944. The van der Waals surface area contributed by atoms with Crippen LogP contribution in [0.1, 0.15) is 92.6 Å². The summed E-state index contributed by atoms with van der Waals surface area (Å²) in [5.41, 5.74) is 41.1. The number of carbonyl (C=O) groups excluding carboxylic acids is 2. The van der Waals surface area contributed by atoms with Crippen LogP contribution < -0.4 is 56.1 Å². The predicted molar refractivity (Wildman–Crippen MR) is 246 cm³/mol. The number of nitrogen functional groups attached to an aromatic ring is 4. The van der Waals surface area contributed by atoms with Gasteiger partial charge in [0, 0.05) is 32.7 Å². The minimum Gasteiger partial charge on any atom is -0.382 e. The smallest absolute Gasteiger partial charge is 0.280 e. The van der Waals surface area contributed by atoms with Gasteiger partial charge in [-0.15, -0.1) is 0 Å². The average molecular weight is 903 g/mol. The monoisotopic (exact) mass is 901 g/mol. The van der Waals surface area contributed by atoms with E-state index in [9.17, 15) is 9.59 Å². The van der Waals surface area contributed by atoms with E-state index in [4.69, 9.17) is 68.3 Å². The Balaban J connectivity index is 1.40. The van der Waals surface area contributed by atoms with Crippen LogP contribution in [-0.4, -0.2) is 135 Å². The average Bonchev–Trinajstić information content (AvgIpc) is 3.22. The van der Waals surface area contributed by atoms with E-state index in [0.717, 1.165) is 51.7 Å². The van der Waals surface area contributed by atoms with Crippen LogP contribution >= 0.6 is 23.2 Å². The van der Waals surface area contributed by atoms with Crippen molar-refractivity contribution in [2.24, 2.45) is 37.2 Å². The van der Waals surface area contributed by atoms with Gasteiger partial charge < -0.3 is 54.8 Å². The highest BCUT2D eigenvalue weighted by atomic mass is 35.5. The molecular formula is C37H61Cl2N21O2. The van der Waals surface area contributed by atoms with Gasteiger partial charge in [-0.05, 0) is 64.6 Å². The van der Waals surface area contributed by atoms with Gasteiger partial charge in [-0.25, -0.2) is 29.9 Å². The summed E-state index contributed by atoms with van der Waals surface area (Å²) >= 11 is 11.8. The number of nitrogens with zero attached hydrogens (tertiary/aromatic N) is 11. The lowest BCUT2D eigenvalue weighted by Crippen LogP contribution is -2.51. The largest absolute Gasteiger partial charge is 0.382 e. The predicted octanol–water partition coefficient (Wildman–Crippen LogP) is 0.644. The molecule has 0 bridgehead atoms. The van der Waals surface area contributed by atoms with Crippen molar-refractivity contribution in [2.45, 2.75) is 83.7 Å². The van der Waals surface area contributed by atoms with Crippen LogP contribution in [0.2, 0.25) is 10.3 Å². The number of carbonyl (C=O) groups is 2. The van der Waals surface area contributed by atoms with Crippen molar-refractivity contribution in [1.82, 2.24) is 50.6 Å². The maximum Gasteiger partial charge on any atom is 0.280 e. The van der Waals surface area contributed by atoms with Gasteiger partial charge in [0.15, 0.2) is 62.8 Å². The Morgan fingerprint density at radius 1 is 0.677 bits per heavy atom. The van der Waals surface area contributed by atoms with Crippen LogP contribution in [0, 0.1) is 0 Å². The highest BCUT2D eigenvalue weighted by Crippen LogP contribution is 2.21. The number of rotatable bonds is 16. The van der Waals surface area contributed by atoms with Gasteiger partial charge in [0.1, 0.15) is 5.82 Å². The molecule has 2 aromatic rings. The third-order valence-corrected chi connectivity index (χ3v) is 10.6. The molecule has 4 rings (SSSR count). The van der Waals surface area contributed by atoms with E-state index < -0.39 is 11.8 Å². The number of unbranched alkanes of at least 4 members (excludes halogenated alkanes) is 2. The third kappa shape index (κ3) is 14.9. The molecule has 25 heteroatoms. The Bertz CT molecular complexity index is 1990. The molecule has 0 aliphatic carbocycles. The van der Waals surface area contributed by atoms with E-state index in [1.165, 1.54) is 0 Å². The van der Waals surface area contributed by atoms with E-state index in [1.54, 1.807) is 0 Å². The molecule has 17 N–H and O–H groups in total. The molecule has 23 nitrogen and oxygen atoms in total. The second-order valence-corrected chi connectivity index (χ2v) is 15.5. The number of aliphatic imine (C=N–C) groups is 4. The first-order chi connectivity index (χ1) is 29.6. The summed E-state index contributed by atoms with van der Waals surface area (Å²) < 4.78 is 0. The Morgan fingerprint density at radius 3 is 1.56 bits per heavy atom. The number of nitrogens with two attached hydrogens (primary N) is 7. The second-order valence-electron chi connectivity index (χ2n) is 14.8. The van der Waals surface area contributed by atoms with E-state index in [-0.39, 0.29) is 74.9 Å². The van der Waals surface area contributed by atoms with Gasteiger partial charge in [-0.1, -0.05) is 56.5 Å². The SMILES string of the molecule is C=C(N=C(NC(N)=NCCCN(CCCC)CCCC)N1CCC(N=C(N)NC(=O)c2nc(Cl)c(N)nc2N)CC1)N1CCC(N=C(N)NC(=O)c2nc(Cl)c(N)nc2N)CC1. The van der Waals surface area contributed by atoms with Crippen molar-refractivity contribution in [3.63, 3.8) is 0 Å². The fraction of sp³-hybridized carbons (Fsp3) is 0.568. The zero-order valence-corrected chi connectivity index (χ0v) is 36.9. The summed E-state index contributed by atoms with van der Waals surface area (Å²) in [6.07, 6.45) is 7.86. The number of piperidine rings is 2. The Hall–Kier alpha value is -5.94. The summed E-state index contributed by atoms with van der Waals surface area (Å²) in [7, 11) is 0. The van der Waals surface area contributed by atoms with Crippen molar-refractivity contribution < 1.29 is 9.59 Å². The number of anilines is 4. The van der Waals surface area contributed by atoms with Gasteiger partial charge in [0.05, 0.1) is 12.1 Å². The molecule has 0 saturated carbocycles. The zero-order valence-electron chi connectivity index (χ0n) is 35.4. The molecule has 62 heavy (non-hydrogen) atoms. The fourth-order valence-electron chi connectivity index (χ4n) is 6.60. The van der Waals surface area contributed by atoms with E-state index in [2.05, 4.69) is 76.2 Å². The molecule has 0 atom stereocenters. The third-order valence-electron chi connectivity index (χ3n) is 10.0. The Labute approximate surface area is 371 Å². The van der Waals surface area contributed by atoms with Crippen molar-refractivity contribution in [1.29, 1.82) is 0 Å². The summed E-state index contributed by atoms with van der Waals surface area (Å²) in [4.78, 5) is 66.1. The maximum atomic E-state index is 12.8. The molecule has 4 heterocycles. The zero-order chi connectivity index (χ0) is 45.3. The lowest BCUT2D eigenvalue weighted by Gasteiger charge is -2.35. The first-order valence-electron chi connectivity index (χ1n) is 20.6. The number of hydrogen-bond donors (Lipinski definition) is 10. The second kappa shape index (κ2) is 23.9. The van der Waals surface area contributed by atoms with Crippen LogP contribution in [0.25, 0.3) is 0 Å². The molecule has 0 aromatic carbocycles. The van der Waals surface area contributed by atoms with E-state index in [0.29, 0.717) is 70.2 Å². The molecule has 2 amide bonds. The van der Waals surface area contributed by atoms with Crippen LogP contribution in [0.15, 0.2) is 32.4 Å². The van der Waals surface area contributed by atoms with Crippen LogP contribution in [0.5, 0.6) is 0 Å². The number of likely N-dealkylation sites (tertiary alicyclic amines) is 2. The summed E-state index contributed by atoms with van der Waals surface area (Å²) in [5.74, 6) is -0.974. The van der Waals surface area contributed by atoms with Crippen molar-refractivity contribution in [3.05, 3.63) is 34.1 Å². The van der Waals surface area contributed by atoms with Crippen LogP contribution in [-0.2, 0) is 0 Å². The Morgan fingerprint density at radius 2 is 1.11 bits per heavy atom. The van der Waals surface area contributed by atoms with Gasteiger partial charge in [0.2, 0.25) is 5.96 Å². The molecule has 2 aliphatic heterocycles. The van der Waals surface area contributed by atoms with Gasteiger partial charge in [-0.2, -0.15) is 4.99 Å². The number of hydrogen-bond acceptors (Lipinski definition) is 16. The number of guanidine groups is 4. The molecule has 0 spiro atoms. The van der Waals surface area contributed by atoms with E-state index >= 15 is 0 Å². The Kier molecular flexibility index (Phi) is 18.8. The standard InChI is InChI=1S/C37H61Cl2N21O2/c1-4-6-14-58(15-7-5-2)16-8-13-47-34(44)57-37(60-19-11-23(12-20-60)50-36(46)56-33(62)25-29(41)54-31(43)27(39)52-25)48-21(3)59-17-9-22(10-18-59)49-35(45)55-32(61)24-28(40)53-30(42)26(38)51-24/h22-23H,3-20H2,1-2H3,(H4,40,42,53)(H4,41,43,54)(H3,44,47,48,57)(H3,45,49,55,61)(H3,46,50,56,62). The van der Waals surface area contributed by atoms with Crippen LogP contribution in [0.3, 0.4) is 0 Å². The topological polar surface area (TPSA) is 363 Å². The molecule has 0 radical (unpaired) electrons. The molecule has 2 saturated heterocycles. The highest BCUT2D eigenvalue weighted by Gasteiger charge is 2.26. The van der Waals surface area contributed by atoms with Gasteiger partial charge in [0.25, 0.3) is 11.8 Å². The first-order valence-corrected chi connectivity index (χ1v) is 21.4. The molecular weight excluding hydrogens is 841 g/mol. The summed E-state index contributed by atoms with van der Waals surface area (Å²) in [6, 6.07) is -0.399. The van der Waals surface area contributed by atoms with Gasteiger partial charge in [-0.3, -0.25) is 30.5 Å². The van der Waals surface area contributed by atoms with E-state index in [1.807, 2.05) is 9.80 Å². The highest BCUT2D eigenvalue weighted by molar-refractivity contribution is 6.32. The normalized spacial score (nSPS) is 16.1. The summed E-state index contributed by atoms with van der Waals surface area (Å²) in [5, 5.41) is 7.90. The number of nitrogens with one attached hydrogen (secondary N) is 3. The minimum atomic E-state index is -0.718. The fourth-order valence-corrected chi connectivity index (χ4v) is 6.86. The first kappa shape index (κ1) is 48.7. The van der Waals surface area contributed by atoms with Gasteiger partial charge >= 0.3 is 0 Å². The number of aromatic nitrogens is 4. The lowest BCUT2D eigenvalue weighted by molar-refractivity contribution is 0.0963. The molecule has 2 aliphatic rings. The molecule has 2 aromatic heterocycles. The quantitative estimate of drug-likeness (QED) is 0.0628. The van der Waals surface area contributed by atoms with Crippen molar-refractivity contribution in [3.8, 4) is 0 Å². The molecule has 0 unspecified atom stereocenters. The lowest BCUT2D eigenvalue weighted by atomic mass is 10.1. The van der Waals surface area contributed by atoms with Crippen LogP contribution in [0.4, 0.5) is 23.3 Å². The number of halogens is 2. The number of amides is 2. The molecule has 2 fully saturated rings. The summed E-state index contributed by atoms with van der Waals surface area (Å²) in [6.45, 7) is 14.5.